The molecule has 2 amide bonds. The molecular weight excluding hydrogens is 492 g/mol. The second-order valence-corrected chi connectivity index (χ2v) is 10.2. The van der Waals surface area contributed by atoms with E-state index in [-0.39, 0.29) is 53.7 Å². The van der Waals surface area contributed by atoms with Gasteiger partial charge < -0.3 is 19.5 Å². The molecule has 2 aromatic carbocycles. The van der Waals surface area contributed by atoms with Gasteiger partial charge in [0.1, 0.15) is 23.8 Å². The Labute approximate surface area is 218 Å². The molecule has 196 valence electrons. The summed E-state index contributed by atoms with van der Waals surface area (Å²) in [4.78, 5) is 42.5. The number of carbonyl (C=O) groups excluding carboxylic acids is 2. The van der Waals surface area contributed by atoms with E-state index in [2.05, 4.69) is 5.32 Å². The molecule has 0 spiro atoms. The molecule has 1 aromatic heterocycles. The first-order valence-corrected chi connectivity index (χ1v) is 12.9. The number of halogens is 2. The summed E-state index contributed by atoms with van der Waals surface area (Å²) in [5.74, 6) is -2.25. The molecule has 1 atom stereocenters. The van der Waals surface area contributed by atoms with Gasteiger partial charge in [-0.2, -0.15) is 0 Å². The molecule has 0 unspecified atom stereocenters. The second-order valence-electron chi connectivity index (χ2n) is 10.2. The fourth-order valence-electron chi connectivity index (χ4n) is 6.10. The van der Waals surface area contributed by atoms with Gasteiger partial charge >= 0.3 is 0 Å². The molecule has 3 aromatic rings. The molecule has 1 N–H and O–H groups in total. The van der Waals surface area contributed by atoms with Crippen molar-refractivity contribution >= 4 is 11.8 Å². The molecule has 9 heteroatoms. The largest absolute Gasteiger partial charge is 0.483 e. The first-order chi connectivity index (χ1) is 18.4. The van der Waals surface area contributed by atoms with Crippen LogP contribution < -0.4 is 15.5 Å². The third-order valence-electron chi connectivity index (χ3n) is 8.02. The zero-order valence-electron chi connectivity index (χ0n) is 20.7. The van der Waals surface area contributed by atoms with Gasteiger partial charge in [-0.25, -0.2) is 8.78 Å². The number of aromatic nitrogens is 1. The summed E-state index contributed by atoms with van der Waals surface area (Å²) in [5.41, 5.74) is 0.170. The average Bonchev–Trinajstić information content (AvgIpc) is 2.93. The maximum Gasteiger partial charge on any atom is 0.275 e. The quantitative estimate of drug-likeness (QED) is 0.533. The van der Waals surface area contributed by atoms with Crippen LogP contribution in [0.5, 0.6) is 5.75 Å². The molecule has 7 nitrogen and oxygen atoms in total. The Morgan fingerprint density at radius 2 is 1.79 bits per heavy atom. The number of hydrogen-bond donors (Lipinski definition) is 1. The van der Waals surface area contributed by atoms with E-state index in [1.807, 2.05) is 35.2 Å². The van der Waals surface area contributed by atoms with Gasteiger partial charge in [-0.1, -0.05) is 36.4 Å². The van der Waals surface area contributed by atoms with Gasteiger partial charge in [-0.05, 0) is 43.2 Å². The Morgan fingerprint density at radius 3 is 2.53 bits per heavy atom. The van der Waals surface area contributed by atoms with Gasteiger partial charge in [-0.15, -0.1) is 0 Å². The average molecular weight is 520 g/mol. The molecule has 2 saturated heterocycles. The van der Waals surface area contributed by atoms with Crippen LogP contribution in [-0.4, -0.2) is 33.4 Å². The van der Waals surface area contributed by atoms with Gasteiger partial charge in [-0.3, -0.25) is 14.4 Å². The van der Waals surface area contributed by atoms with Gasteiger partial charge in [0, 0.05) is 37.0 Å². The van der Waals surface area contributed by atoms with Crippen LogP contribution in [0.2, 0.25) is 0 Å². The molecule has 1 saturated carbocycles. The van der Waals surface area contributed by atoms with Crippen molar-refractivity contribution < 1.29 is 23.1 Å². The minimum atomic E-state index is -0.794. The first kappa shape index (κ1) is 24.3. The lowest BCUT2D eigenvalue weighted by molar-refractivity contribution is -0.0182. The number of hydrogen-bond acceptors (Lipinski definition) is 4. The van der Waals surface area contributed by atoms with Crippen LogP contribution in [0.1, 0.15) is 57.7 Å². The van der Waals surface area contributed by atoms with Crippen molar-refractivity contribution in [2.24, 2.45) is 5.92 Å². The van der Waals surface area contributed by atoms with Crippen molar-refractivity contribution in [3.05, 3.63) is 99.0 Å². The number of nitrogens with one attached hydrogen (secondary N) is 1. The number of nitrogens with zero attached hydrogens (tertiary/aromatic N) is 2. The predicted molar refractivity (Wildman–Crippen MR) is 135 cm³/mol. The lowest BCUT2D eigenvalue weighted by Crippen LogP contribution is -2.62. The van der Waals surface area contributed by atoms with Crippen LogP contribution in [-0.2, 0) is 19.7 Å². The maximum atomic E-state index is 14.1. The number of fused-ring (bicyclic) bond motifs is 3. The van der Waals surface area contributed by atoms with E-state index in [9.17, 15) is 23.2 Å². The number of ether oxygens (including phenoxy) is 1. The monoisotopic (exact) mass is 519 g/mol. The van der Waals surface area contributed by atoms with Crippen LogP contribution in [0.25, 0.3) is 0 Å². The smallest absolute Gasteiger partial charge is 0.275 e. The summed E-state index contributed by atoms with van der Waals surface area (Å²) in [6, 6.07) is 12.5. The number of rotatable bonds is 6. The van der Waals surface area contributed by atoms with Crippen molar-refractivity contribution in [2.45, 2.75) is 57.5 Å². The molecule has 1 aliphatic carbocycles. The summed E-state index contributed by atoms with van der Waals surface area (Å²) in [5, 5.41) is 2.55. The minimum Gasteiger partial charge on any atom is -0.483 e. The molecule has 4 aliphatic rings. The standard InChI is InChI=1S/C29H27F2N3O4/c30-20-9-6-19(23(31)12-20)13-32-28(36)22-14-33-15-24-18-7-10-21(11-8-18)34(24)29(37)25(33)27(26(22)35)38-16-17-4-2-1-3-5-17/h1-6,9,12,14,18,21,24H,7-8,10-11,13,15-16H2,(H,32,36)/t18-,21+,24-/m1/s1. The van der Waals surface area contributed by atoms with E-state index >= 15 is 0 Å². The Balaban J connectivity index is 1.36. The Hall–Kier alpha value is -4.01. The number of benzene rings is 2. The molecule has 4 heterocycles. The van der Waals surface area contributed by atoms with Gasteiger partial charge in [0.25, 0.3) is 11.8 Å². The molecule has 7 rings (SSSR count). The molecule has 2 bridgehead atoms. The number of carbonyl (C=O) groups is 2. The Kier molecular flexibility index (Phi) is 6.21. The van der Waals surface area contributed by atoms with Crippen molar-refractivity contribution in [2.75, 3.05) is 0 Å². The van der Waals surface area contributed by atoms with Gasteiger partial charge in [0.2, 0.25) is 5.43 Å². The predicted octanol–water partition coefficient (Wildman–Crippen LogP) is 4.03. The second kappa shape index (κ2) is 9.70. The molecule has 0 radical (unpaired) electrons. The van der Waals surface area contributed by atoms with Gasteiger partial charge in [0.05, 0.1) is 6.04 Å². The number of pyridine rings is 1. The molecule has 3 fully saturated rings. The fraction of sp³-hybridized carbons (Fsp3) is 0.345. The molecule has 38 heavy (non-hydrogen) atoms. The van der Waals surface area contributed by atoms with Crippen LogP contribution in [0.3, 0.4) is 0 Å². The summed E-state index contributed by atoms with van der Waals surface area (Å²) < 4.78 is 35.0. The normalized spacial score (nSPS) is 21.6. The molecular formula is C29H27F2N3O4. The summed E-state index contributed by atoms with van der Waals surface area (Å²) in [6.45, 7) is 0.292. The van der Waals surface area contributed by atoms with E-state index in [1.165, 1.54) is 12.3 Å². The maximum absolute atomic E-state index is 14.1. The van der Waals surface area contributed by atoms with E-state index in [1.54, 1.807) is 4.57 Å². The van der Waals surface area contributed by atoms with E-state index in [0.717, 1.165) is 43.4 Å². The zero-order chi connectivity index (χ0) is 26.4. The molecule has 3 aliphatic heterocycles. The van der Waals surface area contributed by atoms with Crippen molar-refractivity contribution in [1.29, 1.82) is 0 Å². The van der Waals surface area contributed by atoms with Crippen LogP contribution in [0, 0.1) is 17.6 Å². The SMILES string of the molecule is O=C(NCc1ccc(F)cc1F)c1cn2c(c(OCc3ccccc3)c1=O)C(=O)N1[C@H]3CC[C@H](CC3)[C@H]1C2. The van der Waals surface area contributed by atoms with Gasteiger partial charge in [0.15, 0.2) is 11.4 Å². The zero-order valence-corrected chi connectivity index (χ0v) is 20.7. The summed E-state index contributed by atoms with van der Waals surface area (Å²) in [7, 11) is 0. The van der Waals surface area contributed by atoms with E-state index in [0.29, 0.717) is 12.5 Å². The highest BCUT2D eigenvalue weighted by Gasteiger charge is 2.48. The highest BCUT2D eigenvalue weighted by Crippen LogP contribution is 2.43. The lowest BCUT2D eigenvalue weighted by atomic mass is 9.73. The van der Waals surface area contributed by atoms with Crippen LogP contribution >= 0.6 is 0 Å². The third kappa shape index (κ3) is 4.25. The third-order valence-corrected chi connectivity index (χ3v) is 8.02. The minimum absolute atomic E-state index is 0.0104. The number of amides is 2. The Bertz CT molecular complexity index is 1460. The van der Waals surface area contributed by atoms with Crippen LogP contribution in [0.4, 0.5) is 8.78 Å². The highest BCUT2D eigenvalue weighted by molar-refractivity contribution is 5.99. The fourth-order valence-corrected chi connectivity index (χ4v) is 6.10. The van der Waals surface area contributed by atoms with E-state index < -0.39 is 23.0 Å². The first-order valence-electron chi connectivity index (χ1n) is 12.9. The lowest BCUT2D eigenvalue weighted by Gasteiger charge is -2.54. The van der Waals surface area contributed by atoms with Crippen LogP contribution in [0.15, 0.2) is 59.5 Å². The van der Waals surface area contributed by atoms with Crippen molar-refractivity contribution in [1.82, 2.24) is 14.8 Å². The van der Waals surface area contributed by atoms with E-state index in [4.69, 9.17) is 4.74 Å². The summed E-state index contributed by atoms with van der Waals surface area (Å²) >= 11 is 0. The van der Waals surface area contributed by atoms with Crippen molar-refractivity contribution in [3.63, 3.8) is 0 Å². The topological polar surface area (TPSA) is 80.6 Å². The summed E-state index contributed by atoms with van der Waals surface area (Å²) in [6.07, 6.45) is 5.45. The Morgan fingerprint density at radius 1 is 1.03 bits per heavy atom. The highest BCUT2D eigenvalue weighted by atomic mass is 19.1. The number of piperidine rings is 2. The van der Waals surface area contributed by atoms with Crippen molar-refractivity contribution in [3.8, 4) is 5.75 Å².